The highest BCUT2D eigenvalue weighted by molar-refractivity contribution is 7.98. The van der Waals surface area contributed by atoms with Gasteiger partial charge in [0, 0.05) is 33.6 Å². The Morgan fingerprint density at radius 3 is 2.42 bits per heavy atom. The Bertz CT molecular complexity index is 1320. The summed E-state index contributed by atoms with van der Waals surface area (Å²) in [5.41, 5.74) is 5.69. The van der Waals surface area contributed by atoms with Gasteiger partial charge in [0.1, 0.15) is 5.75 Å². The Labute approximate surface area is 185 Å². The first-order valence-electron chi connectivity index (χ1n) is 10.1. The molecule has 0 unspecified atom stereocenters. The van der Waals surface area contributed by atoms with E-state index in [2.05, 4.69) is 63.1 Å². The van der Waals surface area contributed by atoms with Crippen molar-refractivity contribution in [1.82, 2.24) is 19.7 Å². The van der Waals surface area contributed by atoms with Gasteiger partial charge in [-0.25, -0.2) is 0 Å². The van der Waals surface area contributed by atoms with Crippen molar-refractivity contribution in [3.05, 3.63) is 90.1 Å². The van der Waals surface area contributed by atoms with E-state index in [1.807, 2.05) is 42.5 Å². The van der Waals surface area contributed by atoms with Crippen LogP contribution in [-0.4, -0.2) is 26.9 Å². The van der Waals surface area contributed by atoms with E-state index < -0.39 is 0 Å². The molecular formula is C25H22N4OS. The number of rotatable bonds is 6. The standard InChI is InChI=1S/C25H22N4OS/c1-17-22(21-10-6-7-11-23(21)26-17)16-31-25-28-27-24(18-12-14-20(30-2)15-13-18)29(25)19-8-4-3-5-9-19/h3-15,26H,16H2,1-2H3. The number of benzene rings is 3. The summed E-state index contributed by atoms with van der Waals surface area (Å²) < 4.78 is 7.42. The van der Waals surface area contributed by atoms with Crippen molar-refractivity contribution in [3.63, 3.8) is 0 Å². The number of aromatic amines is 1. The number of fused-ring (bicyclic) bond motifs is 1. The van der Waals surface area contributed by atoms with E-state index >= 15 is 0 Å². The van der Waals surface area contributed by atoms with Crippen LogP contribution in [0.15, 0.2) is 84.0 Å². The molecule has 154 valence electrons. The highest BCUT2D eigenvalue weighted by Crippen LogP contribution is 2.33. The first-order chi connectivity index (χ1) is 15.2. The van der Waals surface area contributed by atoms with Crippen molar-refractivity contribution in [1.29, 1.82) is 0 Å². The fraction of sp³-hybridized carbons (Fsp3) is 0.120. The van der Waals surface area contributed by atoms with Crippen molar-refractivity contribution >= 4 is 22.7 Å². The largest absolute Gasteiger partial charge is 0.497 e. The Hall–Kier alpha value is -3.51. The fourth-order valence-electron chi connectivity index (χ4n) is 3.76. The normalized spacial score (nSPS) is 11.2. The quantitative estimate of drug-likeness (QED) is 0.337. The number of thioether (sulfide) groups is 1. The van der Waals surface area contributed by atoms with Crippen LogP contribution in [0.2, 0.25) is 0 Å². The maximum absolute atomic E-state index is 5.30. The third-order valence-electron chi connectivity index (χ3n) is 5.37. The summed E-state index contributed by atoms with van der Waals surface area (Å²) in [4.78, 5) is 3.48. The molecule has 0 fully saturated rings. The van der Waals surface area contributed by atoms with Crippen molar-refractivity contribution in [2.75, 3.05) is 7.11 Å². The molecule has 3 aromatic carbocycles. The van der Waals surface area contributed by atoms with Crippen LogP contribution in [-0.2, 0) is 5.75 Å². The average Bonchev–Trinajstić information content (AvgIpc) is 3.38. The summed E-state index contributed by atoms with van der Waals surface area (Å²) in [6.07, 6.45) is 0. The molecule has 5 nitrogen and oxygen atoms in total. The predicted octanol–water partition coefficient (Wildman–Crippen LogP) is 6.02. The van der Waals surface area contributed by atoms with E-state index in [4.69, 9.17) is 4.74 Å². The summed E-state index contributed by atoms with van der Waals surface area (Å²) in [6.45, 7) is 2.13. The van der Waals surface area contributed by atoms with E-state index in [0.717, 1.165) is 33.7 Å². The maximum Gasteiger partial charge on any atom is 0.196 e. The van der Waals surface area contributed by atoms with E-state index in [1.54, 1.807) is 18.9 Å². The fourth-order valence-corrected chi connectivity index (χ4v) is 4.82. The minimum atomic E-state index is 0.809. The highest BCUT2D eigenvalue weighted by atomic mass is 32.2. The van der Waals surface area contributed by atoms with Gasteiger partial charge in [0.15, 0.2) is 11.0 Å². The van der Waals surface area contributed by atoms with E-state index in [9.17, 15) is 0 Å². The van der Waals surface area contributed by atoms with Gasteiger partial charge in [-0.3, -0.25) is 4.57 Å². The van der Waals surface area contributed by atoms with Crippen LogP contribution in [0.3, 0.4) is 0 Å². The molecule has 0 aliphatic rings. The molecule has 2 aromatic heterocycles. The van der Waals surface area contributed by atoms with Gasteiger partial charge in [0.2, 0.25) is 0 Å². The van der Waals surface area contributed by atoms with Gasteiger partial charge in [0.25, 0.3) is 0 Å². The number of H-pyrrole nitrogens is 1. The van der Waals surface area contributed by atoms with Gasteiger partial charge in [-0.1, -0.05) is 48.2 Å². The first-order valence-corrected chi connectivity index (χ1v) is 11.1. The molecule has 0 saturated carbocycles. The zero-order valence-corrected chi connectivity index (χ0v) is 18.2. The monoisotopic (exact) mass is 426 g/mol. The van der Waals surface area contributed by atoms with Gasteiger partial charge >= 0.3 is 0 Å². The number of aryl methyl sites for hydroxylation is 1. The number of methoxy groups -OCH3 is 1. The van der Waals surface area contributed by atoms with Crippen LogP contribution in [0.5, 0.6) is 5.75 Å². The lowest BCUT2D eigenvalue weighted by atomic mass is 10.1. The summed E-state index contributed by atoms with van der Waals surface area (Å²) in [7, 11) is 1.67. The Kier molecular flexibility index (Phi) is 5.22. The average molecular weight is 427 g/mol. The second-order valence-corrected chi connectivity index (χ2v) is 8.21. The number of para-hydroxylation sites is 2. The van der Waals surface area contributed by atoms with Crippen LogP contribution < -0.4 is 4.74 Å². The molecule has 0 bridgehead atoms. The minimum Gasteiger partial charge on any atom is -0.497 e. The van der Waals surface area contributed by atoms with Crippen molar-refractivity contribution in [3.8, 4) is 22.8 Å². The second kappa shape index (κ2) is 8.32. The van der Waals surface area contributed by atoms with Crippen molar-refractivity contribution in [2.45, 2.75) is 17.8 Å². The van der Waals surface area contributed by atoms with E-state index in [1.165, 1.54) is 22.2 Å². The molecule has 5 aromatic rings. The number of hydrogen-bond donors (Lipinski definition) is 1. The van der Waals surface area contributed by atoms with Crippen molar-refractivity contribution < 1.29 is 4.74 Å². The molecule has 0 aliphatic carbocycles. The van der Waals surface area contributed by atoms with Crippen LogP contribution in [0, 0.1) is 6.92 Å². The summed E-state index contributed by atoms with van der Waals surface area (Å²) in [6, 6.07) is 26.6. The summed E-state index contributed by atoms with van der Waals surface area (Å²) in [5.74, 6) is 2.44. The topological polar surface area (TPSA) is 55.7 Å². The molecule has 6 heteroatoms. The van der Waals surface area contributed by atoms with Gasteiger partial charge < -0.3 is 9.72 Å². The summed E-state index contributed by atoms with van der Waals surface area (Å²) >= 11 is 1.70. The number of nitrogens with zero attached hydrogens (tertiary/aromatic N) is 3. The molecule has 2 heterocycles. The number of aromatic nitrogens is 4. The smallest absolute Gasteiger partial charge is 0.196 e. The van der Waals surface area contributed by atoms with Crippen LogP contribution >= 0.6 is 11.8 Å². The van der Waals surface area contributed by atoms with Gasteiger partial charge in [-0.05, 0) is 55.0 Å². The van der Waals surface area contributed by atoms with E-state index in [0.29, 0.717) is 0 Å². The predicted molar refractivity (Wildman–Crippen MR) is 126 cm³/mol. The molecule has 0 radical (unpaired) electrons. The second-order valence-electron chi connectivity index (χ2n) is 7.27. The van der Waals surface area contributed by atoms with Gasteiger partial charge in [-0.2, -0.15) is 0 Å². The lowest BCUT2D eigenvalue weighted by Gasteiger charge is -2.11. The molecule has 1 N–H and O–H groups in total. The molecule has 0 amide bonds. The SMILES string of the molecule is COc1ccc(-c2nnc(SCc3c(C)[nH]c4ccccc34)n2-c2ccccc2)cc1. The zero-order valence-electron chi connectivity index (χ0n) is 17.4. The lowest BCUT2D eigenvalue weighted by Crippen LogP contribution is -1.99. The third kappa shape index (κ3) is 3.70. The molecule has 0 saturated heterocycles. The van der Waals surface area contributed by atoms with Crippen LogP contribution in [0.25, 0.3) is 28.0 Å². The molecule has 0 atom stereocenters. The lowest BCUT2D eigenvalue weighted by molar-refractivity contribution is 0.415. The Morgan fingerprint density at radius 1 is 0.903 bits per heavy atom. The van der Waals surface area contributed by atoms with Gasteiger partial charge in [0.05, 0.1) is 7.11 Å². The maximum atomic E-state index is 5.30. The van der Waals surface area contributed by atoms with Crippen LogP contribution in [0.4, 0.5) is 0 Å². The number of ether oxygens (including phenoxy) is 1. The molecule has 5 rings (SSSR count). The minimum absolute atomic E-state index is 0.809. The first kappa shape index (κ1) is 19.5. The Morgan fingerprint density at radius 2 is 1.65 bits per heavy atom. The molecule has 0 aliphatic heterocycles. The van der Waals surface area contributed by atoms with Crippen molar-refractivity contribution in [2.24, 2.45) is 0 Å². The number of hydrogen-bond acceptors (Lipinski definition) is 4. The highest BCUT2D eigenvalue weighted by Gasteiger charge is 2.17. The molecular weight excluding hydrogens is 404 g/mol. The van der Waals surface area contributed by atoms with E-state index in [-0.39, 0.29) is 0 Å². The van der Waals surface area contributed by atoms with Crippen LogP contribution in [0.1, 0.15) is 11.3 Å². The number of nitrogens with one attached hydrogen (secondary N) is 1. The summed E-state index contributed by atoms with van der Waals surface area (Å²) in [5, 5.41) is 11.2. The van der Waals surface area contributed by atoms with Gasteiger partial charge in [-0.15, -0.1) is 10.2 Å². The Balaban J connectivity index is 1.54. The molecule has 0 spiro atoms. The zero-order chi connectivity index (χ0) is 21.2. The molecule has 31 heavy (non-hydrogen) atoms. The third-order valence-corrected chi connectivity index (χ3v) is 6.32.